The largest absolute Gasteiger partial charge is 0.358 e. The van der Waals surface area contributed by atoms with Crippen LogP contribution in [0, 0.1) is 10.1 Å². The van der Waals surface area contributed by atoms with E-state index in [9.17, 15) is 10.1 Å². The van der Waals surface area contributed by atoms with E-state index >= 15 is 0 Å². The average Bonchev–Trinajstić information content (AvgIpc) is 3.06. The Morgan fingerprint density at radius 2 is 1.95 bits per heavy atom. The van der Waals surface area contributed by atoms with Crippen LogP contribution in [0.5, 0.6) is 0 Å². The molecule has 1 aliphatic carbocycles. The first kappa shape index (κ1) is 12.2. The molecule has 4 heteroatoms. The molecule has 0 atom stereocenters. The highest BCUT2D eigenvalue weighted by atomic mass is 16.6. The Morgan fingerprint density at radius 1 is 1.26 bits per heavy atom. The zero-order chi connectivity index (χ0) is 13.8. The van der Waals surface area contributed by atoms with Gasteiger partial charge in [-0.3, -0.25) is 10.1 Å². The molecule has 0 aliphatic heterocycles. The molecule has 0 unspecified atom stereocenters. The van der Waals surface area contributed by atoms with E-state index in [1.165, 1.54) is 18.5 Å². The highest BCUT2D eigenvalue weighted by Gasteiger charge is 2.28. The van der Waals surface area contributed by atoms with Crippen LogP contribution >= 0.6 is 0 Å². The maximum atomic E-state index is 11.3. The van der Waals surface area contributed by atoms with Crippen molar-refractivity contribution in [3.63, 3.8) is 0 Å². The van der Waals surface area contributed by atoms with Gasteiger partial charge in [-0.25, -0.2) is 0 Å². The van der Waals surface area contributed by atoms with E-state index in [4.69, 9.17) is 0 Å². The minimum atomic E-state index is -0.280. The molecule has 4 nitrogen and oxygen atoms in total. The number of benzene rings is 1. The normalized spacial score (nSPS) is 15.9. The van der Waals surface area contributed by atoms with Gasteiger partial charge < -0.3 is 4.98 Å². The van der Waals surface area contributed by atoms with Gasteiger partial charge in [0.1, 0.15) is 0 Å². The molecule has 100 valence electrons. The number of nitrogens with zero attached hydrogens (tertiary/aromatic N) is 1. The van der Waals surface area contributed by atoms with Gasteiger partial charge >= 0.3 is 0 Å². The van der Waals surface area contributed by atoms with Gasteiger partial charge in [0.2, 0.25) is 0 Å². The van der Waals surface area contributed by atoms with Crippen molar-refractivity contribution in [2.24, 2.45) is 0 Å². The number of aromatic nitrogens is 1. The molecule has 0 spiro atoms. The molecule has 1 fully saturated rings. The Morgan fingerprint density at radius 3 is 2.47 bits per heavy atom. The molecule has 1 saturated carbocycles. The predicted octanol–water partition coefficient (Wildman–Crippen LogP) is 4.25. The topological polar surface area (TPSA) is 58.9 Å². The van der Waals surface area contributed by atoms with Crippen LogP contribution < -0.4 is 0 Å². The molecule has 0 amide bonds. The lowest BCUT2D eigenvalue weighted by Crippen LogP contribution is -2.13. The molecule has 1 aromatic heterocycles. The summed E-state index contributed by atoms with van der Waals surface area (Å²) in [5.74, 6) is 0.629. The van der Waals surface area contributed by atoms with E-state index in [0.29, 0.717) is 5.92 Å². The summed E-state index contributed by atoms with van der Waals surface area (Å²) in [5.41, 5.74) is 2.88. The first-order valence-electron chi connectivity index (χ1n) is 6.68. The third-order valence-electron chi connectivity index (χ3n) is 3.78. The van der Waals surface area contributed by atoms with Crippen LogP contribution in [-0.2, 0) is 5.41 Å². The monoisotopic (exact) mass is 258 g/mol. The van der Waals surface area contributed by atoms with Crippen LogP contribution in [0.3, 0.4) is 0 Å². The highest BCUT2D eigenvalue weighted by Crippen LogP contribution is 2.42. The summed E-state index contributed by atoms with van der Waals surface area (Å²) >= 11 is 0. The zero-order valence-electron chi connectivity index (χ0n) is 11.5. The number of nitro groups is 1. The SMILES string of the molecule is CC(C)(C)c1cc2cc(C3CC3)[nH]c2cc1[N+](=O)[O-]. The molecule has 1 aromatic carbocycles. The summed E-state index contributed by atoms with van der Waals surface area (Å²) < 4.78 is 0. The molecule has 19 heavy (non-hydrogen) atoms. The molecular formula is C15H18N2O2. The number of nitrogens with one attached hydrogen (secondary N) is 1. The molecule has 1 aliphatic rings. The summed E-state index contributed by atoms with van der Waals surface area (Å²) in [4.78, 5) is 14.3. The highest BCUT2D eigenvalue weighted by molar-refractivity contribution is 5.84. The number of rotatable bonds is 2. The fourth-order valence-electron chi connectivity index (χ4n) is 2.56. The Hall–Kier alpha value is -1.84. The first-order chi connectivity index (χ1) is 8.86. The molecule has 0 radical (unpaired) electrons. The summed E-state index contributed by atoms with van der Waals surface area (Å²) in [6, 6.07) is 5.80. The molecule has 1 heterocycles. The fraction of sp³-hybridized carbons (Fsp3) is 0.467. The van der Waals surface area contributed by atoms with E-state index in [0.717, 1.165) is 16.5 Å². The van der Waals surface area contributed by atoms with Crippen molar-refractivity contribution in [3.8, 4) is 0 Å². The van der Waals surface area contributed by atoms with Crippen LogP contribution in [0.25, 0.3) is 10.9 Å². The van der Waals surface area contributed by atoms with Crippen molar-refractivity contribution < 1.29 is 4.92 Å². The van der Waals surface area contributed by atoms with Gasteiger partial charge in [0, 0.05) is 22.7 Å². The smallest absolute Gasteiger partial charge is 0.275 e. The molecular weight excluding hydrogens is 240 g/mol. The van der Waals surface area contributed by atoms with Crippen molar-refractivity contribution in [1.29, 1.82) is 0 Å². The van der Waals surface area contributed by atoms with E-state index in [-0.39, 0.29) is 16.0 Å². The van der Waals surface area contributed by atoms with Gasteiger partial charge in [0.05, 0.1) is 10.4 Å². The van der Waals surface area contributed by atoms with Gasteiger partial charge in [-0.2, -0.15) is 0 Å². The van der Waals surface area contributed by atoms with Crippen molar-refractivity contribution >= 4 is 16.6 Å². The minimum Gasteiger partial charge on any atom is -0.358 e. The Balaban J connectivity index is 2.22. The number of H-pyrrole nitrogens is 1. The minimum absolute atomic E-state index is 0.212. The van der Waals surface area contributed by atoms with Gasteiger partial charge in [-0.05, 0) is 36.3 Å². The standard InChI is InChI=1S/C15H18N2O2/c1-15(2,3)11-6-10-7-12(9-4-5-9)16-13(10)8-14(11)17(18)19/h6-9,16H,4-5H2,1-3H3. The van der Waals surface area contributed by atoms with Crippen LogP contribution in [0.4, 0.5) is 5.69 Å². The molecule has 0 saturated heterocycles. The number of nitro benzene ring substituents is 1. The lowest BCUT2D eigenvalue weighted by molar-refractivity contribution is -0.385. The van der Waals surface area contributed by atoms with E-state index in [1.54, 1.807) is 6.07 Å². The lowest BCUT2D eigenvalue weighted by atomic mass is 9.85. The second kappa shape index (κ2) is 3.83. The Bertz CT molecular complexity index is 661. The van der Waals surface area contributed by atoms with E-state index in [2.05, 4.69) is 11.1 Å². The summed E-state index contributed by atoms with van der Waals surface area (Å²) in [6.45, 7) is 6.03. The van der Waals surface area contributed by atoms with Gasteiger partial charge in [0.25, 0.3) is 5.69 Å². The maximum Gasteiger partial charge on any atom is 0.275 e. The van der Waals surface area contributed by atoms with Gasteiger partial charge in [0.15, 0.2) is 0 Å². The third kappa shape index (κ3) is 2.11. The fourth-order valence-corrected chi connectivity index (χ4v) is 2.56. The van der Waals surface area contributed by atoms with E-state index in [1.807, 2.05) is 26.8 Å². The van der Waals surface area contributed by atoms with Crippen LogP contribution in [-0.4, -0.2) is 9.91 Å². The number of aromatic amines is 1. The zero-order valence-corrected chi connectivity index (χ0v) is 11.5. The molecule has 1 N–H and O–H groups in total. The second-order valence-corrected chi connectivity index (χ2v) is 6.46. The van der Waals surface area contributed by atoms with Crippen molar-refractivity contribution in [1.82, 2.24) is 4.98 Å². The predicted molar refractivity (Wildman–Crippen MR) is 75.6 cm³/mol. The number of hydrogen-bond acceptors (Lipinski definition) is 2. The summed E-state index contributed by atoms with van der Waals surface area (Å²) in [7, 11) is 0. The first-order valence-corrected chi connectivity index (χ1v) is 6.68. The van der Waals surface area contributed by atoms with Crippen LogP contribution in [0.1, 0.15) is 50.8 Å². The quantitative estimate of drug-likeness (QED) is 0.646. The number of hydrogen-bond donors (Lipinski definition) is 1. The maximum absolute atomic E-state index is 11.3. The van der Waals surface area contributed by atoms with Crippen molar-refractivity contribution in [2.45, 2.75) is 44.9 Å². The van der Waals surface area contributed by atoms with Crippen molar-refractivity contribution in [3.05, 3.63) is 39.6 Å². The van der Waals surface area contributed by atoms with E-state index < -0.39 is 0 Å². The van der Waals surface area contributed by atoms with Gasteiger partial charge in [-0.15, -0.1) is 0 Å². The molecule has 2 aromatic rings. The van der Waals surface area contributed by atoms with Crippen molar-refractivity contribution in [2.75, 3.05) is 0 Å². The summed E-state index contributed by atoms with van der Waals surface area (Å²) in [6.07, 6.45) is 2.45. The Kier molecular flexibility index (Phi) is 2.46. The average molecular weight is 258 g/mol. The van der Waals surface area contributed by atoms with Crippen LogP contribution in [0.15, 0.2) is 18.2 Å². The molecule has 3 rings (SSSR count). The summed E-state index contributed by atoms with van der Waals surface area (Å²) in [5, 5.41) is 12.3. The lowest BCUT2D eigenvalue weighted by Gasteiger charge is -2.18. The Labute approximate surface area is 112 Å². The molecule has 0 bridgehead atoms. The third-order valence-corrected chi connectivity index (χ3v) is 3.78. The second-order valence-electron chi connectivity index (χ2n) is 6.46. The van der Waals surface area contributed by atoms with Gasteiger partial charge in [-0.1, -0.05) is 20.8 Å². The van der Waals surface area contributed by atoms with Crippen LogP contribution in [0.2, 0.25) is 0 Å². The number of fused-ring (bicyclic) bond motifs is 1.